The van der Waals surface area contributed by atoms with Crippen molar-refractivity contribution in [3.05, 3.63) is 39.9 Å². The van der Waals surface area contributed by atoms with Crippen LogP contribution in [0.2, 0.25) is 0 Å². The average molecular weight is 290 g/mol. The molecule has 4 heteroatoms. The van der Waals surface area contributed by atoms with Gasteiger partial charge < -0.3 is 5.73 Å². The highest BCUT2D eigenvalue weighted by Crippen LogP contribution is 2.36. The minimum absolute atomic E-state index is 0.131. The molecular formula is C17H26N2O2. The SMILES string of the molecule is CCCC1CCC(N)(CCc2ccccc2[N+](=O)[O-])CC1. The van der Waals surface area contributed by atoms with Crippen LogP contribution in [-0.4, -0.2) is 10.5 Å². The highest BCUT2D eigenvalue weighted by Gasteiger charge is 2.31. The molecule has 1 aromatic carbocycles. The molecule has 0 heterocycles. The Labute approximate surface area is 126 Å². The van der Waals surface area contributed by atoms with Crippen molar-refractivity contribution in [3.63, 3.8) is 0 Å². The summed E-state index contributed by atoms with van der Waals surface area (Å²) in [7, 11) is 0. The molecule has 0 aromatic heterocycles. The maximum absolute atomic E-state index is 11.0. The van der Waals surface area contributed by atoms with Gasteiger partial charge in [-0.15, -0.1) is 0 Å². The van der Waals surface area contributed by atoms with E-state index >= 15 is 0 Å². The van der Waals surface area contributed by atoms with Gasteiger partial charge in [-0.2, -0.15) is 0 Å². The van der Waals surface area contributed by atoms with Gasteiger partial charge in [0.25, 0.3) is 5.69 Å². The molecule has 21 heavy (non-hydrogen) atoms. The van der Waals surface area contributed by atoms with Gasteiger partial charge in [0.15, 0.2) is 0 Å². The Hall–Kier alpha value is -1.42. The Morgan fingerprint density at radius 3 is 2.62 bits per heavy atom. The van der Waals surface area contributed by atoms with E-state index < -0.39 is 0 Å². The van der Waals surface area contributed by atoms with Gasteiger partial charge in [0.2, 0.25) is 0 Å². The van der Waals surface area contributed by atoms with Crippen molar-refractivity contribution in [3.8, 4) is 0 Å². The fourth-order valence-corrected chi connectivity index (χ4v) is 3.48. The quantitative estimate of drug-likeness (QED) is 0.630. The van der Waals surface area contributed by atoms with E-state index in [1.54, 1.807) is 12.1 Å². The number of nitrogens with two attached hydrogens (primary N) is 1. The van der Waals surface area contributed by atoms with E-state index in [1.165, 1.54) is 25.7 Å². The lowest BCUT2D eigenvalue weighted by Crippen LogP contribution is -2.43. The molecule has 2 N–H and O–H groups in total. The smallest absolute Gasteiger partial charge is 0.272 e. The van der Waals surface area contributed by atoms with Crippen molar-refractivity contribution < 1.29 is 4.92 Å². The number of para-hydroxylation sites is 1. The summed E-state index contributed by atoms with van der Waals surface area (Å²) < 4.78 is 0. The summed E-state index contributed by atoms with van der Waals surface area (Å²) in [5.41, 5.74) is 7.42. The molecule has 0 amide bonds. The van der Waals surface area contributed by atoms with Gasteiger partial charge in [-0.1, -0.05) is 38.0 Å². The molecule has 2 rings (SSSR count). The number of rotatable bonds is 6. The van der Waals surface area contributed by atoms with E-state index in [2.05, 4.69) is 6.92 Å². The Morgan fingerprint density at radius 1 is 1.33 bits per heavy atom. The van der Waals surface area contributed by atoms with Crippen molar-refractivity contribution in [2.45, 2.75) is 63.8 Å². The number of nitro groups is 1. The third-order valence-electron chi connectivity index (χ3n) is 4.88. The highest BCUT2D eigenvalue weighted by molar-refractivity contribution is 5.39. The molecule has 0 atom stereocenters. The number of nitro benzene ring substituents is 1. The zero-order valence-electron chi connectivity index (χ0n) is 12.9. The van der Waals surface area contributed by atoms with Crippen LogP contribution in [0.4, 0.5) is 5.69 Å². The second-order valence-corrected chi connectivity index (χ2v) is 6.48. The maximum atomic E-state index is 11.0. The second-order valence-electron chi connectivity index (χ2n) is 6.48. The van der Waals surface area contributed by atoms with E-state index in [-0.39, 0.29) is 16.1 Å². The zero-order valence-corrected chi connectivity index (χ0v) is 12.9. The fourth-order valence-electron chi connectivity index (χ4n) is 3.48. The van der Waals surface area contributed by atoms with E-state index in [9.17, 15) is 10.1 Å². The molecule has 0 bridgehead atoms. The fraction of sp³-hybridized carbons (Fsp3) is 0.647. The Bertz CT molecular complexity index is 479. The van der Waals surface area contributed by atoms with Gasteiger partial charge in [-0.05, 0) is 44.4 Å². The predicted octanol–water partition coefficient (Wildman–Crippen LogP) is 4.22. The molecule has 116 valence electrons. The van der Waals surface area contributed by atoms with E-state index in [0.29, 0.717) is 6.42 Å². The third-order valence-corrected chi connectivity index (χ3v) is 4.88. The summed E-state index contributed by atoms with van der Waals surface area (Å²) in [4.78, 5) is 10.7. The first-order chi connectivity index (χ1) is 10.0. The van der Waals surface area contributed by atoms with Gasteiger partial charge in [0, 0.05) is 17.2 Å². The maximum Gasteiger partial charge on any atom is 0.272 e. The molecule has 1 saturated carbocycles. The van der Waals surface area contributed by atoms with Crippen molar-refractivity contribution in [2.24, 2.45) is 11.7 Å². The molecule has 4 nitrogen and oxygen atoms in total. The van der Waals surface area contributed by atoms with Gasteiger partial charge >= 0.3 is 0 Å². The van der Waals surface area contributed by atoms with Crippen LogP contribution in [0.5, 0.6) is 0 Å². The number of benzene rings is 1. The standard InChI is InChI=1S/C17H26N2O2/c1-2-5-14-8-11-17(18,12-9-14)13-10-15-6-3-4-7-16(15)19(20)21/h3-4,6-7,14H,2,5,8-13,18H2,1H3. The van der Waals surface area contributed by atoms with Crippen molar-refractivity contribution in [1.29, 1.82) is 0 Å². The lowest BCUT2D eigenvalue weighted by atomic mass is 9.73. The minimum atomic E-state index is -0.295. The monoisotopic (exact) mass is 290 g/mol. The summed E-state index contributed by atoms with van der Waals surface area (Å²) in [6.45, 7) is 2.23. The molecule has 0 spiro atoms. The van der Waals surface area contributed by atoms with E-state index in [4.69, 9.17) is 5.73 Å². The number of aryl methyl sites for hydroxylation is 1. The number of nitrogens with zero attached hydrogens (tertiary/aromatic N) is 1. The van der Waals surface area contributed by atoms with E-state index in [1.807, 2.05) is 12.1 Å². The first-order valence-electron chi connectivity index (χ1n) is 8.05. The van der Waals surface area contributed by atoms with E-state index in [0.717, 1.165) is 30.7 Å². The van der Waals surface area contributed by atoms with Gasteiger partial charge in [0.1, 0.15) is 0 Å². The normalized spacial score (nSPS) is 25.7. The number of hydrogen-bond donors (Lipinski definition) is 1. The topological polar surface area (TPSA) is 69.2 Å². The van der Waals surface area contributed by atoms with Crippen LogP contribution in [0, 0.1) is 16.0 Å². The van der Waals surface area contributed by atoms with Gasteiger partial charge in [-0.3, -0.25) is 10.1 Å². The van der Waals surface area contributed by atoms with Crippen LogP contribution in [0.25, 0.3) is 0 Å². The molecule has 0 radical (unpaired) electrons. The second kappa shape index (κ2) is 7.03. The summed E-state index contributed by atoms with van der Waals surface area (Å²) in [5.74, 6) is 0.831. The zero-order chi connectivity index (χ0) is 15.3. The average Bonchev–Trinajstić information content (AvgIpc) is 2.48. The third kappa shape index (κ3) is 4.27. The Balaban J connectivity index is 1.93. The van der Waals surface area contributed by atoms with Crippen LogP contribution < -0.4 is 5.73 Å². The summed E-state index contributed by atoms with van der Waals surface area (Å²) in [6, 6.07) is 7.01. The van der Waals surface area contributed by atoms with Crippen LogP contribution in [0.1, 0.15) is 57.4 Å². The predicted molar refractivity (Wildman–Crippen MR) is 85.2 cm³/mol. The first-order valence-corrected chi connectivity index (χ1v) is 8.05. The molecule has 1 fully saturated rings. The molecule has 1 aliphatic rings. The number of hydrogen-bond acceptors (Lipinski definition) is 3. The summed E-state index contributed by atoms with van der Waals surface area (Å²) >= 11 is 0. The largest absolute Gasteiger partial charge is 0.325 e. The first kappa shape index (κ1) is 16.0. The Morgan fingerprint density at radius 2 is 2.00 bits per heavy atom. The Kier molecular flexibility index (Phi) is 5.34. The molecule has 1 aliphatic carbocycles. The highest BCUT2D eigenvalue weighted by atomic mass is 16.6. The van der Waals surface area contributed by atoms with Crippen molar-refractivity contribution in [2.75, 3.05) is 0 Å². The van der Waals surface area contributed by atoms with Crippen LogP contribution in [-0.2, 0) is 6.42 Å². The van der Waals surface area contributed by atoms with Crippen LogP contribution in [0.3, 0.4) is 0 Å². The molecule has 0 unspecified atom stereocenters. The van der Waals surface area contributed by atoms with Gasteiger partial charge in [-0.25, -0.2) is 0 Å². The van der Waals surface area contributed by atoms with Crippen molar-refractivity contribution in [1.82, 2.24) is 0 Å². The lowest BCUT2D eigenvalue weighted by Gasteiger charge is -2.37. The van der Waals surface area contributed by atoms with Crippen molar-refractivity contribution >= 4 is 5.69 Å². The molecule has 1 aromatic rings. The van der Waals surface area contributed by atoms with Crippen LogP contribution in [0.15, 0.2) is 24.3 Å². The molecular weight excluding hydrogens is 264 g/mol. The molecule has 0 aliphatic heterocycles. The minimum Gasteiger partial charge on any atom is -0.325 e. The van der Waals surface area contributed by atoms with Gasteiger partial charge in [0.05, 0.1) is 4.92 Å². The van der Waals surface area contributed by atoms with Crippen LogP contribution >= 0.6 is 0 Å². The summed E-state index contributed by atoms with van der Waals surface area (Å²) in [6.07, 6.45) is 8.63. The summed E-state index contributed by atoms with van der Waals surface area (Å²) in [5, 5.41) is 11.0. The lowest BCUT2D eigenvalue weighted by molar-refractivity contribution is -0.385. The molecule has 0 saturated heterocycles.